The van der Waals surface area contributed by atoms with Gasteiger partial charge in [0.05, 0.1) is 11.9 Å². The minimum absolute atomic E-state index is 0.117. The Labute approximate surface area is 124 Å². The summed E-state index contributed by atoms with van der Waals surface area (Å²) in [6.07, 6.45) is 1.69. The SMILES string of the molecule is CC(C)c1cccc(NC(=O)Cn2cc(C(C)N)nn2)c1. The molecule has 0 fully saturated rings. The van der Waals surface area contributed by atoms with Crippen LogP contribution in [0.1, 0.15) is 44.0 Å². The topological polar surface area (TPSA) is 85.8 Å². The molecule has 2 aromatic rings. The molecule has 6 nitrogen and oxygen atoms in total. The fourth-order valence-electron chi connectivity index (χ4n) is 1.92. The zero-order valence-corrected chi connectivity index (χ0v) is 12.6. The quantitative estimate of drug-likeness (QED) is 0.881. The van der Waals surface area contributed by atoms with E-state index in [0.717, 1.165) is 5.69 Å². The Morgan fingerprint density at radius 3 is 2.76 bits per heavy atom. The highest BCUT2D eigenvalue weighted by atomic mass is 16.2. The molecule has 2 rings (SSSR count). The van der Waals surface area contributed by atoms with Crippen LogP contribution in [-0.2, 0) is 11.3 Å². The maximum absolute atomic E-state index is 12.0. The van der Waals surface area contributed by atoms with Crippen molar-refractivity contribution in [3.05, 3.63) is 41.7 Å². The summed E-state index contributed by atoms with van der Waals surface area (Å²) in [7, 11) is 0. The van der Waals surface area contributed by atoms with Crippen LogP contribution >= 0.6 is 0 Å². The second kappa shape index (κ2) is 6.49. The van der Waals surface area contributed by atoms with Gasteiger partial charge in [0.2, 0.25) is 5.91 Å². The molecule has 0 saturated carbocycles. The van der Waals surface area contributed by atoms with Crippen LogP contribution in [-0.4, -0.2) is 20.9 Å². The van der Waals surface area contributed by atoms with Crippen LogP contribution in [0, 0.1) is 0 Å². The summed E-state index contributed by atoms with van der Waals surface area (Å²) in [6.45, 7) is 6.18. The third-order valence-electron chi connectivity index (χ3n) is 3.17. The summed E-state index contributed by atoms with van der Waals surface area (Å²) in [4.78, 5) is 12.0. The lowest BCUT2D eigenvalue weighted by Gasteiger charge is -2.09. The van der Waals surface area contributed by atoms with Crippen LogP contribution < -0.4 is 11.1 Å². The van der Waals surface area contributed by atoms with Gasteiger partial charge in [0.1, 0.15) is 6.54 Å². The Bertz CT molecular complexity index is 618. The average molecular weight is 287 g/mol. The van der Waals surface area contributed by atoms with Crippen LogP contribution in [0.25, 0.3) is 0 Å². The number of carbonyl (C=O) groups excluding carboxylic acids is 1. The molecule has 0 radical (unpaired) electrons. The second-order valence-electron chi connectivity index (χ2n) is 5.46. The number of amides is 1. The predicted octanol–water partition coefficient (Wildman–Crippen LogP) is 2.06. The molecule has 0 bridgehead atoms. The highest BCUT2D eigenvalue weighted by Crippen LogP contribution is 2.18. The van der Waals surface area contributed by atoms with Gasteiger partial charge in [-0.2, -0.15) is 0 Å². The molecule has 0 spiro atoms. The van der Waals surface area contributed by atoms with Crippen molar-refractivity contribution < 1.29 is 4.79 Å². The van der Waals surface area contributed by atoms with Gasteiger partial charge in [0.25, 0.3) is 0 Å². The summed E-state index contributed by atoms with van der Waals surface area (Å²) in [5.74, 6) is 0.280. The van der Waals surface area contributed by atoms with Crippen molar-refractivity contribution in [1.82, 2.24) is 15.0 Å². The van der Waals surface area contributed by atoms with Crippen LogP contribution in [0.4, 0.5) is 5.69 Å². The number of carbonyl (C=O) groups is 1. The number of benzene rings is 1. The van der Waals surface area contributed by atoms with Crippen LogP contribution in [0.2, 0.25) is 0 Å². The van der Waals surface area contributed by atoms with Gasteiger partial charge in [-0.1, -0.05) is 31.2 Å². The Hall–Kier alpha value is -2.21. The Morgan fingerprint density at radius 1 is 1.38 bits per heavy atom. The minimum atomic E-state index is -0.190. The molecule has 0 aliphatic rings. The van der Waals surface area contributed by atoms with Crippen molar-refractivity contribution in [3.63, 3.8) is 0 Å². The van der Waals surface area contributed by atoms with E-state index >= 15 is 0 Å². The normalized spacial score (nSPS) is 12.4. The highest BCUT2D eigenvalue weighted by Gasteiger charge is 2.09. The van der Waals surface area contributed by atoms with Crippen molar-refractivity contribution in [3.8, 4) is 0 Å². The fourth-order valence-corrected chi connectivity index (χ4v) is 1.92. The van der Waals surface area contributed by atoms with E-state index in [1.54, 1.807) is 6.20 Å². The van der Waals surface area contributed by atoms with E-state index in [1.165, 1.54) is 10.2 Å². The van der Waals surface area contributed by atoms with E-state index in [0.29, 0.717) is 11.6 Å². The smallest absolute Gasteiger partial charge is 0.246 e. The molecular formula is C15H21N5O. The number of nitrogens with two attached hydrogens (primary N) is 1. The predicted molar refractivity (Wildman–Crippen MR) is 81.8 cm³/mol. The van der Waals surface area contributed by atoms with Gasteiger partial charge in [-0.15, -0.1) is 5.10 Å². The van der Waals surface area contributed by atoms with Crippen LogP contribution in [0.3, 0.4) is 0 Å². The lowest BCUT2D eigenvalue weighted by atomic mass is 10.0. The monoisotopic (exact) mass is 287 g/mol. The summed E-state index contributed by atoms with van der Waals surface area (Å²) in [5, 5.41) is 10.7. The molecular weight excluding hydrogens is 266 g/mol. The van der Waals surface area contributed by atoms with E-state index in [1.807, 2.05) is 31.2 Å². The summed E-state index contributed by atoms with van der Waals surface area (Å²) >= 11 is 0. The number of anilines is 1. The molecule has 0 saturated heterocycles. The Balaban J connectivity index is 1.99. The van der Waals surface area contributed by atoms with Gasteiger partial charge < -0.3 is 11.1 Å². The van der Waals surface area contributed by atoms with Gasteiger partial charge >= 0.3 is 0 Å². The van der Waals surface area contributed by atoms with E-state index in [9.17, 15) is 4.79 Å². The molecule has 6 heteroatoms. The molecule has 1 aromatic heterocycles. The number of hydrogen-bond acceptors (Lipinski definition) is 4. The summed E-state index contributed by atoms with van der Waals surface area (Å²) < 4.78 is 1.49. The third kappa shape index (κ3) is 4.13. The summed E-state index contributed by atoms with van der Waals surface area (Å²) in [6, 6.07) is 7.65. The highest BCUT2D eigenvalue weighted by molar-refractivity contribution is 5.90. The van der Waals surface area contributed by atoms with E-state index in [2.05, 4.69) is 29.5 Å². The van der Waals surface area contributed by atoms with Gasteiger partial charge in [-0.3, -0.25) is 4.79 Å². The average Bonchev–Trinajstić information content (AvgIpc) is 2.87. The lowest BCUT2D eigenvalue weighted by Crippen LogP contribution is -2.19. The largest absolute Gasteiger partial charge is 0.324 e. The molecule has 1 amide bonds. The van der Waals surface area contributed by atoms with Gasteiger partial charge in [0.15, 0.2) is 0 Å². The van der Waals surface area contributed by atoms with E-state index < -0.39 is 0 Å². The Morgan fingerprint density at radius 2 is 2.14 bits per heavy atom. The van der Waals surface area contributed by atoms with Gasteiger partial charge in [-0.05, 0) is 30.5 Å². The molecule has 1 aromatic carbocycles. The first-order valence-corrected chi connectivity index (χ1v) is 7.01. The number of rotatable bonds is 5. The first-order valence-electron chi connectivity index (χ1n) is 7.01. The third-order valence-corrected chi connectivity index (χ3v) is 3.17. The van der Waals surface area contributed by atoms with Crippen LogP contribution in [0.15, 0.2) is 30.5 Å². The van der Waals surface area contributed by atoms with Crippen molar-refractivity contribution >= 4 is 11.6 Å². The number of nitrogens with zero attached hydrogens (tertiary/aromatic N) is 3. The van der Waals surface area contributed by atoms with Crippen molar-refractivity contribution in [2.75, 3.05) is 5.32 Å². The van der Waals surface area contributed by atoms with Crippen molar-refractivity contribution in [1.29, 1.82) is 0 Å². The Kier molecular flexibility index (Phi) is 4.70. The zero-order valence-electron chi connectivity index (χ0n) is 12.6. The molecule has 0 aliphatic carbocycles. The number of hydrogen-bond donors (Lipinski definition) is 2. The maximum atomic E-state index is 12.0. The summed E-state index contributed by atoms with van der Waals surface area (Å²) in [5.41, 5.74) is 8.36. The van der Waals surface area contributed by atoms with E-state index in [4.69, 9.17) is 5.73 Å². The fraction of sp³-hybridized carbons (Fsp3) is 0.400. The first kappa shape index (κ1) is 15.2. The maximum Gasteiger partial charge on any atom is 0.246 e. The number of aromatic nitrogens is 3. The zero-order chi connectivity index (χ0) is 15.4. The molecule has 1 atom stereocenters. The lowest BCUT2D eigenvalue weighted by molar-refractivity contribution is -0.116. The van der Waals surface area contributed by atoms with Crippen molar-refractivity contribution in [2.45, 2.75) is 39.3 Å². The van der Waals surface area contributed by atoms with Crippen LogP contribution in [0.5, 0.6) is 0 Å². The second-order valence-corrected chi connectivity index (χ2v) is 5.46. The molecule has 3 N–H and O–H groups in total. The van der Waals surface area contributed by atoms with Gasteiger partial charge in [0, 0.05) is 11.7 Å². The first-order chi connectivity index (χ1) is 9.95. The van der Waals surface area contributed by atoms with Crippen molar-refractivity contribution in [2.24, 2.45) is 5.73 Å². The molecule has 1 unspecified atom stereocenters. The number of nitrogens with one attached hydrogen (secondary N) is 1. The minimum Gasteiger partial charge on any atom is -0.324 e. The standard InChI is InChI=1S/C15H21N5O/c1-10(2)12-5-4-6-13(7-12)17-15(21)9-20-8-14(11(3)16)18-19-20/h4-8,10-11H,9,16H2,1-3H3,(H,17,21). The molecule has 0 aliphatic heterocycles. The molecule has 1 heterocycles. The van der Waals surface area contributed by atoms with E-state index in [-0.39, 0.29) is 18.5 Å². The van der Waals surface area contributed by atoms with Gasteiger partial charge in [-0.25, -0.2) is 4.68 Å². The molecule has 21 heavy (non-hydrogen) atoms. The molecule has 112 valence electrons.